The molecular weight excluding hydrogens is 210 g/mol. The molecule has 0 aromatic carbocycles. The number of nitrogens with zero attached hydrogens (tertiary/aromatic N) is 2. The Morgan fingerprint density at radius 2 is 1.65 bits per heavy atom. The molecule has 102 valence electrons. The number of hydrogen-bond acceptors (Lipinski definition) is 3. The van der Waals surface area contributed by atoms with Crippen LogP contribution < -0.4 is 5.73 Å². The summed E-state index contributed by atoms with van der Waals surface area (Å²) in [5.41, 5.74) is 6.17. The van der Waals surface area contributed by atoms with Gasteiger partial charge in [0.1, 0.15) is 0 Å². The van der Waals surface area contributed by atoms with Crippen LogP contribution in [0.1, 0.15) is 40.0 Å². The summed E-state index contributed by atoms with van der Waals surface area (Å²) in [7, 11) is 0. The Labute approximate surface area is 107 Å². The lowest BCUT2D eigenvalue weighted by molar-refractivity contribution is 0.123. The molecule has 0 spiro atoms. The molecule has 1 fully saturated rings. The lowest BCUT2D eigenvalue weighted by Gasteiger charge is -2.36. The van der Waals surface area contributed by atoms with Crippen molar-refractivity contribution in [1.29, 1.82) is 0 Å². The van der Waals surface area contributed by atoms with E-state index in [1.165, 1.54) is 45.6 Å². The van der Waals surface area contributed by atoms with Gasteiger partial charge in [0.05, 0.1) is 0 Å². The maximum Gasteiger partial charge on any atom is 0.0170 e. The predicted molar refractivity (Wildman–Crippen MR) is 75.2 cm³/mol. The highest BCUT2D eigenvalue weighted by Crippen LogP contribution is 2.07. The van der Waals surface area contributed by atoms with E-state index in [0.717, 1.165) is 18.9 Å². The van der Waals surface area contributed by atoms with Crippen molar-refractivity contribution in [2.75, 3.05) is 39.3 Å². The zero-order chi connectivity index (χ0) is 12.7. The van der Waals surface area contributed by atoms with Gasteiger partial charge in [-0.3, -0.25) is 4.90 Å². The summed E-state index contributed by atoms with van der Waals surface area (Å²) in [5.74, 6) is 0.718. The largest absolute Gasteiger partial charge is 0.327 e. The topological polar surface area (TPSA) is 32.5 Å². The van der Waals surface area contributed by atoms with Crippen LogP contribution in [0.4, 0.5) is 0 Å². The van der Waals surface area contributed by atoms with Gasteiger partial charge in [-0.2, -0.15) is 0 Å². The lowest BCUT2D eigenvalue weighted by atomic mass is 10.0. The van der Waals surface area contributed by atoms with E-state index in [2.05, 4.69) is 30.6 Å². The highest BCUT2D eigenvalue weighted by atomic mass is 15.3. The van der Waals surface area contributed by atoms with E-state index in [1.54, 1.807) is 0 Å². The second-order valence-corrected chi connectivity index (χ2v) is 5.89. The van der Waals surface area contributed by atoms with Crippen LogP contribution in [0.5, 0.6) is 0 Å². The van der Waals surface area contributed by atoms with Crippen LogP contribution in [-0.4, -0.2) is 55.1 Å². The molecule has 0 amide bonds. The number of hydrogen-bond donors (Lipinski definition) is 1. The van der Waals surface area contributed by atoms with E-state index in [9.17, 15) is 0 Å². The third-order valence-electron chi connectivity index (χ3n) is 3.56. The average Bonchev–Trinajstić information content (AvgIpc) is 2.27. The smallest absolute Gasteiger partial charge is 0.0170 e. The second kappa shape index (κ2) is 8.06. The number of rotatable bonds is 7. The summed E-state index contributed by atoms with van der Waals surface area (Å²) in [6, 6.07) is 0.359. The summed E-state index contributed by atoms with van der Waals surface area (Å²) in [5, 5.41) is 0. The molecule has 1 heterocycles. The van der Waals surface area contributed by atoms with E-state index < -0.39 is 0 Å². The van der Waals surface area contributed by atoms with E-state index in [1.807, 2.05) is 0 Å². The third kappa shape index (κ3) is 6.39. The minimum atomic E-state index is 0.359. The van der Waals surface area contributed by atoms with Gasteiger partial charge in [0.15, 0.2) is 0 Å². The maximum atomic E-state index is 6.17. The third-order valence-corrected chi connectivity index (χ3v) is 3.56. The van der Waals surface area contributed by atoms with E-state index in [-0.39, 0.29) is 0 Å². The van der Waals surface area contributed by atoms with Crippen LogP contribution >= 0.6 is 0 Å². The molecule has 3 nitrogen and oxygen atoms in total. The van der Waals surface area contributed by atoms with Crippen molar-refractivity contribution >= 4 is 0 Å². The van der Waals surface area contributed by atoms with E-state index in [0.29, 0.717) is 6.04 Å². The molecule has 0 radical (unpaired) electrons. The van der Waals surface area contributed by atoms with Crippen LogP contribution in [-0.2, 0) is 0 Å². The second-order valence-electron chi connectivity index (χ2n) is 5.89. The fraction of sp³-hybridized carbons (Fsp3) is 1.00. The Kier molecular flexibility index (Phi) is 7.09. The molecule has 0 aromatic heterocycles. The van der Waals surface area contributed by atoms with Gasteiger partial charge in [-0.05, 0) is 25.3 Å². The summed E-state index contributed by atoms with van der Waals surface area (Å²) >= 11 is 0. The van der Waals surface area contributed by atoms with Crippen LogP contribution in [0, 0.1) is 5.92 Å². The highest BCUT2D eigenvalue weighted by Gasteiger charge is 2.18. The molecule has 0 aliphatic carbocycles. The van der Waals surface area contributed by atoms with Crippen LogP contribution in [0.3, 0.4) is 0 Å². The Hall–Kier alpha value is -0.120. The molecule has 1 rings (SSSR count). The first-order chi connectivity index (χ1) is 8.11. The summed E-state index contributed by atoms with van der Waals surface area (Å²) in [6.07, 6.45) is 3.79. The Morgan fingerprint density at radius 3 is 2.18 bits per heavy atom. The molecule has 0 bridgehead atoms. The molecule has 0 unspecified atom stereocenters. The number of unbranched alkanes of at least 4 members (excludes halogenated alkanes) is 1. The zero-order valence-corrected chi connectivity index (χ0v) is 12.0. The Morgan fingerprint density at radius 1 is 1.06 bits per heavy atom. The lowest BCUT2D eigenvalue weighted by Crippen LogP contribution is -2.50. The van der Waals surface area contributed by atoms with Crippen molar-refractivity contribution in [2.24, 2.45) is 11.7 Å². The number of nitrogens with two attached hydrogens (primary N) is 1. The fourth-order valence-electron chi connectivity index (χ4n) is 2.59. The Balaban J connectivity index is 2.14. The van der Waals surface area contributed by atoms with Gasteiger partial charge in [-0.15, -0.1) is 0 Å². The Bertz CT molecular complexity index is 186. The molecule has 1 aliphatic heterocycles. The molecule has 1 atom stereocenters. The molecule has 1 aliphatic rings. The van der Waals surface area contributed by atoms with Crippen molar-refractivity contribution in [1.82, 2.24) is 9.80 Å². The average molecular weight is 241 g/mol. The van der Waals surface area contributed by atoms with Crippen molar-refractivity contribution in [2.45, 2.75) is 46.1 Å². The minimum absolute atomic E-state index is 0.359. The van der Waals surface area contributed by atoms with E-state index >= 15 is 0 Å². The van der Waals surface area contributed by atoms with Gasteiger partial charge in [0.2, 0.25) is 0 Å². The van der Waals surface area contributed by atoms with Crippen LogP contribution in [0.25, 0.3) is 0 Å². The quantitative estimate of drug-likeness (QED) is 0.737. The van der Waals surface area contributed by atoms with E-state index in [4.69, 9.17) is 5.73 Å². The summed E-state index contributed by atoms with van der Waals surface area (Å²) in [4.78, 5) is 5.13. The normalized spacial score (nSPS) is 21.0. The highest BCUT2D eigenvalue weighted by molar-refractivity contribution is 4.76. The first kappa shape index (κ1) is 14.9. The van der Waals surface area contributed by atoms with Crippen LogP contribution in [0.2, 0.25) is 0 Å². The molecule has 0 saturated carbocycles. The SMILES string of the molecule is CCCCN1CCN(C[C@H](N)CC(C)C)CC1. The number of piperazine rings is 1. The molecule has 1 saturated heterocycles. The van der Waals surface area contributed by atoms with Crippen molar-refractivity contribution < 1.29 is 0 Å². The van der Waals surface area contributed by atoms with Crippen molar-refractivity contribution in [3.05, 3.63) is 0 Å². The minimum Gasteiger partial charge on any atom is -0.327 e. The first-order valence-electron chi connectivity index (χ1n) is 7.32. The van der Waals surface area contributed by atoms with Gasteiger partial charge >= 0.3 is 0 Å². The molecular formula is C14H31N3. The van der Waals surface area contributed by atoms with Crippen LogP contribution in [0.15, 0.2) is 0 Å². The zero-order valence-electron chi connectivity index (χ0n) is 12.0. The van der Waals surface area contributed by atoms with Crippen molar-refractivity contribution in [3.8, 4) is 0 Å². The molecule has 2 N–H and O–H groups in total. The van der Waals surface area contributed by atoms with Gasteiger partial charge in [-0.25, -0.2) is 0 Å². The first-order valence-corrected chi connectivity index (χ1v) is 7.32. The molecule has 17 heavy (non-hydrogen) atoms. The van der Waals surface area contributed by atoms with Gasteiger partial charge in [0, 0.05) is 38.8 Å². The van der Waals surface area contributed by atoms with Gasteiger partial charge in [-0.1, -0.05) is 27.2 Å². The monoisotopic (exact) mass is 241 g/mol. The van der Waals surface area contributed by atoms with Gasteiger partial charge in [0.25, 0.3) is 0 Å². The standard InChI is InChI=1S/C14H31N3/c1-4-5-6-16-7-9-17(10-8-16)12-14(15)11-13(2)3/h13-14H,4-12,15H2,1-3H3/t14-/m1/s1. The van der Waals surface area contributed by atoms with Gasteiger partial charge < -0.3 is 10.6 Å². The fourth-order valence-corrected chi connectivity index (χ4v) is 2.59. The maximum absolute atomic E-state index is 6.17. The summed E-state index contributed by atoms with van der Waals surface area (Å²) in [6.45, 7) is 14.0. The van der Waals surface area contributed by atoms with Crippen molar-refractivity contribution in [3.63, 3.8) is 0 Å². The molecule has 3 heteroatoms. The predicted octanol–water partition coefficient (Wildman–Crippen LogP) is 1.78. The summed E-state index contributed by atoms with van der Waals surface area (Å²) < 4.78 is 0. The molecule has 0 aromatic rings.